The lowest BCUT2D eigenvalue weighted by Gasteiger charge is -2.24. The molecular formula is C12H14O3S. The molecule has 1 aromatic carbocycles. The normalized spacial score (nSPS) is 18.0. The molecule has 0 saturated heterocycles. The molecule has 16 heavy (non-hydrogen) atoms. The first-order valence-electron chi connectivity index (χ1n) is 4.98. The van der Waals surface area contributed by atoms with Crippen LogP contribution in [0.5, 0.6) is 0 Å². The SMILES string of the molecule is COC1(OC)CC(Sc2ccccc2)=CO1. The summed E-state index contributed by atoms with van der Waals surface area (Å²) in [4.78, 5) is 2.27. The van der Waals surface area contributed by atoms with E-state index in [1.807, 2.05) is 18.2 Å². The molecule has 0 aromatic heterocycles. The molecule has 0 amide bonds. The Morgan fingerprint density at radius 3 is 2.44 bits per heavy atom. The van der Waals surface area contributed by atoms with Crippen molar-refractivity contribution in [3.8, 4) is 0 Å². The molecule has 0 spiro atoms. The third-order valence-electron chi connectivity index (χ3n) is 2.37. The minimum absolute atomic E-state index is 0.611. The summed E-state index contributed by atoms with van der Waals surface area (Å²) >= 11 is 1.66. The predicted octanol–water partition coefficient (Wildman–Crippen LogP) is 2.99. The highest BCUT2D eigenvalue weighted by Crippen LogP contribution is 2.39. The van der Waals surface area contributed by atoms with Gasteiger partial charge in [-0.15, -0.1) is 0 Å². The highest BCUT2D eigenvalue weighted by molar-refractivity contribution is 8.03. The number of methoxy groups -OCH3 is 2. The standard InChI is InChI=1S/C12H14O3S/c1-13-12(14-2)8-11(9-15-12)16-10-6-4-3-5-7-10/h3-7,9H,8H2,1-2H3. The average Bonchev–Trinajstić information content (AvgIpc) is 2.75. The van der Waals surface area contributed by atoms with Crippen molar-refractivity contribution in [1.29, 1.82) is 0 Å². The first kappa shape index (κ1) is 11.5. The van der Waals surface area contributed by atoms with Gasteiger partial charge in [0.15, 0.2) is 0 Å². The van der Waals surface area contributed by atoms with Crippen LogP contribution in [0.4, 0.5) is 0 Å². The van der Waals surface area contributed by atoms with E-state index in [9.17, 15) is 0 Å². The van der Waals surface area contributed by atoms with Crippen LogP contribution in [0.2, 0.25) is 0 Å². The zero-order chi connectivity index (χ0) is 11.4. The van der Waals surface area contributed by atoms with Crippen molar-refractivity contribution in [3.05, 3.63) is 41.5 Å². The van der Waals surface area contributed by atoms with Crippen LogP contribution in [-0.4, -0.2) is 20.2 Å². The van der Waals surface area contributed by atoms with Crippen molar-refractivity contribution in [1.82, 2.24) is 0 Å². The molecule has 4 heteroatoms. The lowest BCUT2D eigenvalue weighted by atomic mass is 10.4. The number of hydrogen-bond donors (Lipinski definition) is 0. The Balaban J connectivity index is 1.99. The van der Waals surface area contributed by atoms with Gasteiger partial charge in [0.1, 0.15) is 0 Å². The molecule has 0 saturated carbocycles. The summed E-state index contributed by atoms with van der Waals surface area (Å²) in [6.45, 7) is 0. The Morgan fingerprint density at radius 1 is 1.19 bits per heavy atom. The summed E-state index contributed by atoms with van der Waals surface area (Å²) in [6.07, 6.45) is 2.31. The second-order valence-electron chi connectivity index (χ2n) is 3.39. The highest BCUT2D eigenvalue weighted by Gasteiger charge is 2.37. The number of ether oxygens (including phenoxy) is 3. The lowest BCUT2D eigenvalue weighted by Crippen LogP contribution is -2.32. The van der Waals surface area contributed by atoms with Crippen LogP contribution in [0.3, 0.4) is 0 Å². The maximum atomic E-state index is 5.40. The van der Waals surface area contributed by atoms with Crippen LogP contribution < -0.4 is 0 Å². The van der Waals surface area contributed by atoms with Gasteiger partial charge in [-0.3, -0.25) is 0 Å². The van der Waals surface area contributed by atoms with Gasteiger partial charge in [-0.1, -0.05) is 30.0 Å². The Kier molecular flexibility index (Phi) is 3.53. The molecule has 0 radical (unpaired) electrons. The molecule has 0 fully saturated rings. The number of benzene rings is 1. The first-order valence-corrected chi connectivity index (χ1v) is 5.80. The third kappa shape index (κ3) is 2.40. The van der Waals surface area contributed by atoms with E-state index >= 15 is 0 Å². The van der Waals surface area contributed by atoms with Crippen molar-refractivity contribution in [2.75, 3.05) is 14.2 Å². The van der Waals surface area contributed by atoms with Gasteiger partial charge < -0.3 is 14.2 Å². The minimum atomic E-state index is -0.933. The summed E-state index contributed by atoms with van der Waals surface area (Å²) in [6, 6.07) is 10.1. The van der Waals surface area contributed by atoms with Crippen LogP contribution in [0.15, 0.2) is 46.4 Å². The van der Waals surface area contributed by atoms with Gasteiger partial charge in [0.05, 0.1) is 12.7 Å². The van der Waals surface area contributed by atoms with Crippen LogP contribution in [0.1, 0.15) is 6.42 Å². The Labute approximate surface area is 99.4 Å². The summed E-state index contributed by atoms with van der Waals surface area (Å²) in [7, 11) is 3.15. The minimum Gasteiger partial charge on any atom is -0.446 e. The van der Waals surface area contributed by atoms with Crippen molar-refractivity contribution < 1.29 is 14.2 Å². The van der Waals surface area contributed by atoms with Gasteiger partial charge in [-0.05, 0) is 12.1 Å². The van der Waals surface area contributed by atoms with Gasteiger partial charge in [0, 0.05) is 24.0 Å². The van der Waals surface area contributed by atoms with Gasteiger partial charge in [-0.2, -0.15) is 0 Å². The molecule has 0 bridgehead atoms. The summed E-state index contributed by atoms with van der Waals surface area (Å²) in [5, 5.41) is 0. The first-order chi connectivity index (χ1) is 7.78. The van der Waals surface area contributed by atoms with Crippen LogP contribution in [-0.2, 0) is 14.2 Å². The molecule has 2 rings (SSSR count). The van der Waals surface area contributed by atoms with E-state index in [-0.39, 0.29) is 0 Å². The molecule has 0 unspecified atom stereocenters. The lowest BCUT2D eigenvalue weighted by molar-refractivity contribution is -0.330. The number of hydrogen-bond acceptors (Lipinski definition) is 4. The maximum Gasteiger partial charge on any atom is 0.330 e. The van der Waals surface area contributed by atoms with E-state index in [4.69, 9.17) is 14.2 Å². The average molecular weight is 238 g/mol. The predicted molar refractivity (Wildman–Crippen MR) is 62.8 cm³/mol. The Hall–Kier alpha value is -0.970. The van der Waals surface area contributed by atoms with E-state index in [1.54, 1.807) is 32.2 Å². The zero-order valence-corrected chi connectivity index (χ0v) is 10.1. The van der Waals surface area contributed by atoms with Crippen LogP contribution in [0.25, 0.3) is 0 Å². The van der Waals surface area contributed by atoms with E-state index in [0.717, 1.165) is 4.91 Å². The fraction of sp³-hybridized carbons (Fsp3) is 0.333. The zero-order valence-electron chi connectivity index (χ0n) is 9.30. The molecule has 0 N–H and O–H groups in total. The fourth-order valence-corrected chi connectivity index (χ4v) is 2.42. The summed E-state index contributed by atoms with van der Waals surface area (Å²) in [5.41, 5.74) is 0. The second-order valence-corrected chi connectivity index (χ2v) is 4.59. The molecule has 0 atom stereocenters. The summed E-state index contributed by atoms with van der Waals surface area (Å²) in [5.74, 6) is -0.933. The molecule has 1 heterocycles. The number of thioether (sulfide) groups is 1. The molecule has 1 aliphatic rings. The quantitative estimate of drug-likeness (QED) is 0.754. The van der Waals surface area contributed by atoms with E-state index in [2.05, 4.69) is 12.1 Å². The third-order valence-corrected chi connectivity index (χ3v) is 3.39. The van der Waals surface area contributed by atoms with Gasteiger partial charge >= 0.3 is 5.97 Å². The Bertz CT molecular complexity index is 371. The van der Waals surface area contributed by atoms with Crippen LogP contribution in [0, 0.1) is 0 Å². The Morgan fingerprint density at radius 2 is 1.88 bits per heavy atom. The fourth-order valence-electron chi connectivity index (χ4n) is 1.48. The van der Waals surface area contributed by atoms with E-state index < -0.39 is 5.97 Å². The van der Waals surface area contributed by atoms with Gasteiger partial charge in [-0.25, -0.2) is 0 Å². The van der Waals surface area contributed by atoms with Crippen molar-refractivity contribution in [3.63, 3.8) is 0 Å². The van der Waals surface area contributed by atoms with E-state index in [0.29, 0.717) is 6.42 Å². The number of rotatable bonds is 4. The molecule has 0 aliphatic carbocycles. The van der Waals surface area contributed by atoms with Crippen molar-refractivity contribution in [2.45, 2.75) is 17.3 Å². The van der Waals surface area contributed by atoms with Crippen molar-refractivity contribution in [2.24, 2.45) is 0 Å². The smallest absolute Gasteiger partial charge is 0.330 e. The molecule has 1 aromatic rings. The largest absolute Gasteiger partial charge is 0.446 e. The van der Waals surface area contributed by atoms with E-state index in [1.165, 1.54) is 4.90 Å². The van der Waals surface area contributed by atoms with Gasteiger partial charge in [0.25, 0.3) is 0 Å². The van der Waals surface area contributed by atoms with Crippen LogP contribution >= 0.6 is 11.8 Å². The molecular weight excluding hydrogens is 224 g/mol. The summed E-state index contributed by atoms with van der Waals surface area (Å²) < 4.78 is 15.8. The molecule has 3 nitrogen and oxygen atoms in total. The highest BCUT2D eigenvalue weighted by atomic mass is 32.2. The topological polar surface area (TPSA) is 27.7 Å². The second kappa shape index (κ2) is 4.91. The molecule has 86 valence electrons. The maximum absolute atomic E-state index is 5.40. The van der Waals surface area contributed by atoms with Crippen molar-refractivity contribution >= 4 is 11.8 Å². The van der Waals surface area contributed by atoms with Gasteiger partial charge in [0.2, 0.25) is 0 Å². The molecule has 1 aliphatic heterocycles. The monoisotopic (exact) mass is 238 g/mol.